The lowest BCUT2D eigenvalue weighted by molar-refractivity contribution is -0.136. The van der Waals surface area contributed by atoms with Crippen LogP contribution in [0.2, 0.25) is 0 Å². The maximum Gasteiger partial charge on any atom is 0.407 e. The third-order valence-corrected chi connectivity index (χ3v) is 2.50. The fourth-order valence-electron chi connectivity index (χ4n) is 1.46. The number of carbonyl (C=O) groups is 2. The standard InChI is InChI=1S/C16H20N2O4/c17-10-12-21-15(19)9-5-2-6-11-18-16(20)22-13-14-7-3-1-4-8-14/h1,3-4,7-8H,2,6,10-13,17H2,(H,18,20). The van der Waals surface area contributed by atoms with Gasteiger partial charge in [-0.25, -0.2) is 9.59 Å². The molecule has 0 heterocycles. The number of hydrogen-bond acceptors (Lipinski definition) is 5. The predicted octanol–water partition coefficient (Wildman–Crippen LogP) is 1.20. The van der Waals surface area contributed by atoms with Crippen LogP contribution >= 0.6 is 0 Å². The Labute approximate surface area is 130 Å². The van der Waals surface area contributed by atoms with Crippen molar-refractivity contribution in [3.63, 3.8) is 0 Å². The normalized spacial score (nSPS) is 9.32. The summed E-state index contributed by atoms with van der Waals surface area (Å²) < 4.78 is 9.73. The number of rotatable bonds is 7. The van der Waals surface area contributed by atoms with Gasteiger partial charge in [-0.1, -0.05) is 36.3 Å². The van der Waals surface area contributed by atoms with Gasteiger partial charge in [0.2, 0.25) is 0 Å². The van der Waals surface area contributed by atoms with E-state index in [4.69, 9.17) is 10.5 Å². The average Bonchev–Trinajstić information content (AvgIpc) is 2.55. The van der Waals surface area contributed by atoms with Gasteiger partial charge >= 0.3 is 12.1 Å². The van der Waals surface area contributed by atoms with Crippen LogP contribution in [0.15, 0.2) is 30.3 Å². The maximum absolute atomic E-state index is 11.4. The number of esters is 1. The molecule has 0 atom stereocenters. The molecule has 22 heavy (non-hydrogen) atoms. The molecule has 0 radical (unpaired) electrons. The Morgan fingerprint density at radius 3 is 2.68 bits per heavy atom. The van der Waals surface area contributed by atoms with Crippen molar-refractivity contribution in [2.45, 2.75) is 19.4 Å². The Bertz CT molecular complexity index is 520. The molecule has 6 heteroatoms. The van der Waals surface area contributed by atoms with Crippen LogP contribution in [0.25, 0.3) is 0 Å². The molecule has 1 aromatic carbocycles. The molecule has 6 nitrogen and oxygen atoms in total. The summed E-state index contributed by atoms with van der Waals surface area (Å²) in [5.74, 6) is 4.43. The van der Waals surface area contributed by atoms with Crippen molar-refractivity contribution in [2.24, 2.45) is 5.73 Å². The van der Waals surface area contributed by atoms with E-state index in [1.165, 1.54) is 0 Å². The van der Waals surface area contributed by atoms with E-state index in [1.54, 1.807) is 0 Å². The van der Waals surface area contributed by atoms with E-state index in [9.17, 15) is 9.59 Å². The van der Waals surface area contributed by atoms with E-state index in [1.807, 2.05) is 30.3 Å². The van der Waals surface area contributed by atoms with E-state index in [2.05, 4.69) is 21.9 Å². The van der Waals surface area contributed by atoms with Gasteiger partial charge in [0.1, 0.15) is 13.2 Å². The van der Waals surface area contributed by atoms with Crippen LogP contribution < -0.4 is 11.1 Å². The summed E-state index contributed by atoms with van der Waals surface area (Å²) in [7, 11) is 0. The molecule has 1 rings (SSSR count). The fourth-order valence-corrected chi connectivity index (χ4v) is 1.46. The van der Waals surface area contributed by atoms with E-state index < -0.39 is 12.1 Å². The SMILES string of the molecule is NCCOC(=O)C#CCCCNC(=O)OCc1ccccc1. The molecule has 0 aliphatic carbocycles. The number of hydrogen-bond donors (Lipinski definition) is 2. The summed E-state index contributed by atoms with van der Waals surface area (Å²) in [5, 5.41) is 2.61. The molecular formula is C16H20N2O4. The van der Waals surface area contributed by atoms with Crippen molar-refractivity contribution in [3.8, 4) is 11.8 Å². The zero-order chi connectivity index (χ0) is 16.0. The van der Waals surface area contributed by atoms with Crippen LogP contribution in [0, 0.1) is 11.8 Å². The number of alkyl carbamates (subject to hydrolysis) is 1. The Hall–Kier alpha value is -2.52. The highest BCUT2D eigenvalue weighted by molar-refractivity contribution is 5.88. The Morgan fingerprint density at radius 1 is 1.18 bits per heavy atom. The summed E-state index contributed by atoms with van der Waals surface area (Å²) in [6.45, 7) is 1.12. The van der Waals surface area contributed by atoms with E-state index in [-0.39, 0.29) is 19.8 Å². The minimum Gasteiger partial charge on any atom is -0.455 e. The van der Waals surface area contributed by atoms with E-state index in [0.29, 0.717) is 19.4 Å². The molecule has 0 fully saturated rings. The van der Waals surface area contributed by atoms with Crippen molar-refractivity contribution in [1.82, 2.24) is 5.32 Å². The third-order valence-electron chi connectivity index (χ3n) is 2.50. The molecule has 0 aliphatic rings. The first kappa shape index (κ1) is 17.5. The van der Waals surface area contributed by atoms with Crippen LogP contribution in [0.4, 0.5) is 4.79 Å². The maximum atomic E-state index is 11.4. The Kier molecular flexibility index (Phi) is 8.90. The van der Waals surface area contributed by atoms with E-state index >= 15 is 0 Å². The highest BCUT2D eigenvalue weighted by Crippen LogP contribution is 2.00. The summed E-state index contributed by atoms with van der Waals surface area (Å²) in [5.41, 5.74) is 6.11. The number of ether oxygens (including phenoxy) is 2. The van der Waals surface area contributed by atoms with Crippen LogP contribution in [-0.2, 0) is 20.9 Å². The van der Waals surface area contributed by atoms with Crippen LogP contribution in [0.1, 0.15) is 18.4 Å². The van der Waals surface area contributed by atoms with E-state index in [0.717, 1.165) is 5.56 Å². The van der Waals surface area contributed by atoms with Gasteiger partial charge in [0.25, 0.3) is 0 Å². The monoisotopic (exact) mass is 304 g/mol. The second-order valence-corrected chi connectivity index (χ2v) is 4.32. The largest absolute Gasteiger partial charge is 0.455 e. The lowest BCUT2D eigenvalue weighted by Gasteiger charge is -2.06. The van der Waals surface area contributed by atoms with Gasteiger partial charge in [0.15, 0.2) is 0 Å². The second kappa shape index (κ2) is 11.2. The molecule has 0 aliphatic heterocycles. The highest BCUT2D eigenvalue weighted by atomic mass is 16.5. The van der Waals surface area contributed by atoms with Crippen molar-refractivity contribution in [3.05, 3.63) is 35.9 Å². The van der Waals surface area contributed by atoms with Crippen LogP contribution in [0.5, 0.6) is 0 Å². The van der Waals surface area contributed by atoms with Crippen molar-refractivity contribution < 1.29 is 19.1 Å². The van der Waals surface area contributed by atoms with Gasteiger partial charge in [0.05, 0.1) is 0 Å². The van der Waals surface area contributed by atoms with Crippen molar-refractivity contribution in [2.75, 3.05) is 19.7 Å². The van der Waals surface area contributed by atoms with Gasteiger partial charge < -0.3 is 20.5 Å². The number of nitrogens with two attached hydrogens (primary N) is 1. The zero-order valence-electron chi connectivity index (χ0n) is 12.3. The molecule has 0 bridgehead atoms. The molecule has 0 spiro atoms. The molecule has 0 aromatic heterocycles. The predicted molar refractivity (Wildman–Crippen MR) is 81.7 cm³/mol. The van der Waals surface area contributed by atoms with Gasteiger partial charge in [0, 0.05) is 25.4 Å². The lowest BCUT2D eigenvalue weighted by Crippen LogP contribution is -2.25. The Balaban J connectivity index is 2.06. The quantitative estimate of drug-likeness (QED) is 0.342. The number of nitrogens with one attached hydrogen (secondary N) is 1. The summed E-state index contributed by atoms with van der Waals surface area (Å²) >= 11 is 0. The molecular weight excluding hydrogens is 284 g/mol. The van der Waals surface area contributed by atoms with Crippen LogP contribution in [-0.4, -0.2) is 31.8 Å². The number of amides is 1. The molecule has 0 saturated heterocycles. The first-order valence-corrected chi connectivity index (χ1v) is 7.02. The topological polar surface area (TPSA) is 90.6 Å². The van der Waals surface area contributed by atoms with Crippen molar-refractivity contribution in [1.29, 1.82) is 0 Å². The van der Waals surface area contributed by atoms with Crippen molar-refractivity contribution >= 4 is 12.1 Å². The van der Waals surface area contributed by atoms with Gasteiger partial charge in [-0.2, -0.15) is 0 Å². The number of benzene rings is 1. The third kappa shape index (κ3) is 8.61. The summed E-state index contributed by atoms with van der Waals surface area (Å²) in [6.07, 6.45) is 0.632. The van der Waals surface area contributed by atoms with Gasteiger partial charge in [-0.3, -0.25) is 0 Å². The molecule has 3 N–H and O–H groups in total. The molecule has 1 aromatic rings. The number of carbonyl (C=O) groups excluding carboxylic acids is 2. The summed E-state index contributed by atoms with van der Waals surface area (Å²) in [4.78, 5) is 22.4. The van der Waals surface area contributed by atoms with Crippen LogP contribution in [0.3, 0.4) is 0 Å². The second-order valence-electron chi connectivity index (χ2n) is 4.32. The van der Waals surface area contributed by atoms with Gasteiger partial charge in [-0.15, -0.1) is 0 Å². The minimum absolute atomic E-state index is 0.169. The first-order valence-electron chi connectivity index (χ1n) is 7.02. The average molecular weight is 304 g/mol. The lowest BCUT2D eigenvalue weighted by atomic mass is 10.2. The molecule has 1 amide bonds. The molecule has 0 unspecified atom stereocenters. The van der Waals surface area contributed by atoms with Gasteiger partial charge in [-0.05, 0) is 12.0 Å². The Morgan fingerprint density at radius 2 is 1.95 bits per heavy atom. The fraction of sp³-hybridized carbons (Fsp3) is 0.375. The smallest absolute Gasteiger partial charge is 0.407 e. The summed E-state index contributed by atoms with van der Waals surface area (Å²) in [6, 6.07) is 9.43. The molecule has 0 saturated carbocycles. The molecule has 118 valence electrons. The first-order chi connectivity index (χ1) is 10.7. The number of unbranched alkanes of at least 4 members (excludes halogenated alkanes) is 1. The highest BCUT2D eigenvalue weighted by Gasteiger charge is 2.01. The zero-order valence-corrected chi connectivity index (χ0v) is 12.3. The minimum atomic E-state index is -0.583.